The van der Waals surface area contributed by atoms with Gasteiger partial charge in [-0.15, -0.1) is 0 Å². The van der Waals surface area contributed by atoms with Gasteiger partial charge in [-0.1, -0.05) is 13.0 Å². The molecule has 1 aliphatic heterocycles. The molecule has 1 aromatic carbocycles. The zero-order valence-electron chi connectivity index (χ0n) is 13.4. The summed E-state index contributed by atoms with van der Waals surface area (Å²) in [6.45, 7) is 5.95. The largest absolute Gasteiger partial charge is 0.481 e. The minimum atomic E-state index is -1.33. The van der Waals surface area contributed by atoms with Gasteiger partial charge in [-0.05, 0) is 30.2 Å². The maximum atomic E-state index is 12.7. The number of amides is 1. The average Bonchev–Trinajstić information content (AvgIpc) is 2.55. The number of hydrogen-bond donors (Lipinski definition) is 1. The van der Waals surface area contributed by atoms with Crippen LogP contribution in [0.15, 0.2) is 23.1 Å². The van der Waals surface area contributed by atoms with Crippen molar-refractivity contribution >= 4 is 22.9 Å². The number of carboxylic acids is 1. The fraction of sp³-hybridized carbons (Fsp3) is 0.500. The summed E-state index contributed by atoms with van der Waals surface area (Å²) in [7, 11) is -1.33. The molecule has 23 heavy (non-hydrogen) atoms. The van der Waals surface area contributed by atoms with E-state index in [9.17, 15) is 13.8 Å². The molecule has 0 radical (unpaired) electrons. The van der Waals surface area contributed by atoms with E-state index in [-0.39, 0.29) is 12.3 Å². The van der Waals surface area contributed by atoms with Crippen molar-refractivity contribution < 1.29 is 18.9 Å². The maximum Gasteiger partial charge on any atom is 0.307 e. The molecule has 1 aromatic rings. The lowest BCUT2D eigenvalue weighted by Gasteiger charge is -2.33. The van der Waals surface area contributed by atoms with Crippen LogP contribution in [0.1, 0.15) is 24.5 Å². The summed E-state index contributed by atoms with van der Waals surface area (Å²) in [4.78, 5) is 25.0. The van der Waals surface area contributed by atoms with Crippen molar-refractivity contribution in [3.63, 3.8) is 0 Å². The van der Waals surface area contributed by atoms with Crippen LogP contribution < -0.4 is 0 Å². The minimum absolute atomic E-state index is 0.0738. The molecular weight excluding hydrogens is 316 g/mol. The summed E-state index contributed by atoms with van der Waals surface area (Å²) >= 11 is 0. The zero-order chi connectivity index (χ0) is 17.0. The third-order valence-corrected chi connectivity index (χ3v) is 5.48. The van der Waals surface area contributed by atoms with E-state index in [0.717, 1.165) is 5.56 Å². The van der Waals surface area contributed by atoms with Gasteiger partial charge in [0.2, 0.25) is 5.91 Å². The molecule has 1 atom stereocenters. The number of rotatable bonds is 5. The Balaban J connectivity index is 2.07. The first-order valence-corrected chi connectivity index (χ1v) is 8.79. The second-order valence-corrected chi connectivity index (χ2v) is 7.06. The quantitative estimate of drug-likeness (QED) is 0.875. The van der Waals surface area contributed by atoms with E-state index in [1.165, 1.54) is 0 Å². The number of carboxylic acid groups (broad SMARTS) is 1. The molecule has 1 amide bonds. The van der Waals surface area contributed by atoms with E-state index in [1.807, 2.05) is 24.2 Å². The monoisotopic (exact) mass is 338 g/mol. The summed E-state index contributed by atoms with van der Waals surface area (Å²) in [5, 5.41) is 8.95. The Hall–Kier alpha value is -1.73. The molecular formula is C16H22N2O4S. The van der Waals surface area contributed by atoms with Crippen molar-refractivity contribution in [3.8, 4) is 0 Å². The zero-order valence-corrected chi connectivity index (χ0v) is 14.3. The van der Waals surface area contributed by atoms with Crippen LogP contribution in [0.2, 0.25) is 0 Å². The number of carbonyl (C=O) groups excluding carboxylic acids is 1. The van der Waals surface area contributed by atoms with Crippen LogP contribution in [-0.2, 0) is 27.0 Å². The normalized spacial score (nSPS) is 17.0. The van der Waals surface area contributed by atoms with E-state index in [1.54, 1.807) is 17.0 Å². The summed E-state index contributed by atoms with van der Waals surface area (Å²) in [6.07, 6.45) is 0.412. The van der Waals surface area contributed by atoms with E-state index in [4.69, 9.17) is 5.11 Å². The number of nitrogens with zero attached hydrogens (tertiary/aromatic N) is 2. The molecule has 1 aliphatic rings. The van der Waals surface area contributed by atoms with Crippen molar-refractivity contribution in [1.29, 1.82) is 0 Å². The van der Waals surface area contributed by atoms with Crippen LogP contribution in [0.5, 0.6) is 0 Å². The first kappa shape index (κ1) is 17.6. The SMILES string of the molecule is CCC(=O)N1CCN(S(=O)c2ccc(C)c(CC(=O)O)c2)CC1. The highest BCUT2D eigenvalue weighted by atomic mass is 32.2. The average molecular weight is 338 g/mol. The number of aliphatic carboxylic acids is 1. The van der Waals surface area contributed by atoms with Crippen LogP contribution in [0.4, 0.5) is 0 Å². The van der Waals surface area contributed by atoms with Gasteiger partial charge >= 0.3 is 5.97 Å². The van der Waals surface area contributed by atoms with Gasteiger partial charge in [0, 0.05) is 32.6 Å². The predicted octanol–water partition coefficient (Wildman–Crippen LogP) is 1.20. The molecule has 0 aromatic heterocycles. The topological polar surface area (TPSA) is 77.9 Å². The van der Waals surface area contributed by atoms with Gasteiger partial charge in [-0.25, -0.2) is 8.51 Å². The van der Waals surface area contributed by atoms with Gasteiger partial charge in [0.15, 0.2) is 0 Å². The first-order chi connectivity index (χ1) is 10.9. The molecule has 0 saturated carbocycles. The van der Waals surface area contributed by atoms with Crippen LogP contribution in [0.25, 0.3) is 0 Å². The fourth-order valence-electron chi connectivity index (χ4n) is 2.59. The third-order valence-electron chi connectivity index (χ3n) is 3.99. The standard InChI is InChI=1S/C16H22N2O4S/c1-3-15(19)17-6-8-18(9-7-17)23(22)14-5-4-12(2)13(10-14)11-16(20)21/h4-5,10H,3,6-9,11H2,1-2H3,(H,20,21). The lowest BCUT2D eigenvalue weighted by Crippen LogP contribution is -2.48. The Morgan fingerprint density at radius 3 is 2.43 bits per heavy atom. The Labute approximate surface area is 138 Å². The summed E-state index contributed by atoms with van der Waals surface area (Å²) in [5.41, 5.74) is 1.56. The molecule has 1 fully saturated rings. The van der Waals surface area contributed by atoms with Gasteiger partial charge in [-0.3, -0.25) is 9.59 Å². The van der Waals surface area contributed by atoms with E-state index >= 15 is 0 Å². The molecule has 126 valence electrons. The summed E-state index contributed by atoms with van der Waals surface area (Å²) in [6, 6.07) is 5.30. The molecule has 1 N–H and O–H groups in total. The van der Waals surface area contributed by atoms with E-state index < -0.39 is 17.0 Å². The third kappa shape index (κ3) is 4.39. The summed E-state index contributed by atoms with van der Waals surface area (Å²) < 4.78 is 14.5. The van der Waals surface area contributed by atoms with E-state index in [0.29, 0.717) is 43.1 Å². The lowest BCUT2D eigenvalue weighted by molar-refractivity contribution is -0.136. The molecule has 6 nitrogen and oxygen atoms in total. The number of benzene rings is 1. The van der Waals surface area contributed by atoms with Gasteiger partial charge in [0.1, 0.15) is 11.0 Å². The Morgan fingerprint density at radius 1 is 1.22 bits per heavy atom. The van der Waals surface area contributed by atoms with Crippen molar-refractivity contribution in [1.82, 2.24) is 9.21 Å². The van der Waals surface area contributed by atoms with Gasteiger partial charge in [0.05, 0.1) is 11.3 Å². The highest BCUT2D eigenvalue weighted by molar-refractivity contribution is 7.82. The summed E-state index contributed by atoms with van der Waals surface area (Å²) in [5.74, 6) is -0.780. The molecule has 0 aliphatic carbocycles. The number of hydrogen-bond acceptors (Lipinski definition) is 3. The smallest absolute Gasteiger partial charge is 0.307 e. The Kier molecular flexibility index (Phi) is 5.90. The van der Waals surface area contributed by atoms with Crippen molar-refractivity contribution in [3.05, 3.63) is 29.3 Å². The lowest BCUT2D eigenvalue weighted by atomic mass is 10.1. The van der Waals surface area contributed by atoms with Gasteiger partial charge in [-0.2, -0.15) is 0 Å². The van der Waals surface area contributed by atoms with Gasteiger partial charge < -0.3 is 10.0 Å². The molecule has 2 rings (SSSR count). The molecule has 1 heterocycles. The molecule has 0 spiro atoms. The van der Waals surface area contributed by atoms with Crippen LogP contribution >= 0.6 is 0 Å². The van der Waals surface area contributed by atoms with Crippen LogP contribution in [-0.4, -0.2) is 56.6 Å². The van der Waals surface area contributed by atoms with Crippen LogP contribution in [0, 0.1) is 6.92 Å². The van der Waals surface area contributed by atoms with E-state index in [2.05, 4.69) is 0 Å². The molecule has 1 saturated heterocycles. The number of carbonyl (C=O) groups is 2. The second kappa shape index (κ2) is 7.70. The molecule has 0 bridgehead atoms. The number of aryl methyl sites for hydroxylation is 1. The maximum absolute atomic E-state index is 12.7. The first-order valence-electron chi connectivity index (χ1n) is 7.68. The second-order valence-electron chi connectivity index (χ2n) is 5.57. The molecule has 1 unspecified atom stereocenters. The molecule has 7 heteroatoms. The fourth-order valence-corrected chi connectivity index (χ4v) is 3.81. The van der Waals surface area contributed by atoms with Crippen molar-refractivity contribution in [2.24, 2.45) is 0 Å². The predicted molar refractivity (Wildman–Crippen MR) is 87.4 cm³/mol. The Morgan fingerprint density at radius 2 is 1.87 bits per heavy atom. The van der Waals surface area contributed by atoms with Crippen molar-refractivity contribution in [2.75, 3.05) is 26.2 Å². The van der Waals surface area contributed by atoms with Crippen LogP contribution in [0.3, 0.4) is 0 Å². The highest BCUT2D eigenvalue weighted by Crippen LogP contribution is 2.18. The number of piperazine rings is 1. The Bertz CT molecular complexity index is 625. The van der Waals surface area contributed by atoms with Gasteiger partial charge in [0.25, 0.3) is 0 Å². The minimum Gasteiger partial charge on any atom is -0.481 e. The van der Waals surface area contributed by atoms with Crippen molar-refractivity contribution in [2.45, 2.75) is 31.6 Å². The highest BCUT2D eigenvalue weighted by Gasteiger charge is 2.24.